The van der Waals surface area contributed by atoms with Crippen LogP contribution in [-0.2, 0) is 6.42 Å². The van der Waals surface area contributed by atoms with E-state index < -0.39 is 0 Å². The number of amides is 1. The van der Waals surface area contributed by atoms with E-state index in [4.69, 9.17) is 4.42 Å². The number of oxazole rings is 1. The van der Waals surface area contributed by atoms with Gasteiger partial charge >= 0.3 is 0 Å². The van der Waals surface area contributed by atoms with Crippen LogP contribution in [0.4, 0.5) is 0 Å². The first-order valence-electron chi connectivity index (χ1n) is 6.12. The molecule has 2 rings (SSSR count). The smallest absolute Gasteiger partial charge is 0.277 e. The van der Waals surface area contributed by atoms with Crippen LogP contribution in [-0.4, -0.2) is 33.5 Å². The van der Waals surface area contributed by atoms with Crippen LogP contribution in [0.25, 0.3) is 0 Å². The lowest BCUT2D eigenvalue weighted by molar-refractivity contribution is 0.0749. The third-order valence-corrected chi connectivity index (χ3v) is 4.24. The van der Waals surface area contributed by atoms with Crippen molar-refractivity contribution in [3.63, 3.8) is 0 Å². The second kappa shape index (κ2) is 5.58. The molecule has 4 nitrogen and oxygen atoms in total. The summed E-state index contributed by atoms with van der Waals surface area (Å²) in [5, 5.41) is 0.314. The maximum Gasteiger partial charge on any atom is 0.277 e. The summed E-state index contributed by atoms with van der Waals surface area (Å²) in [6, 6.07) is 0. The van der Waals surface area contributed by atoms with Gasteiger partial charge in [0.25, 0.3) is 5.91 Å². The molecule has 0 aliphatic carbocycles. The fourth-order valence-corrected chi connectivity index (χ4v) is 3.43. The fourth-order valence-electron chi connectivity index (χ4n) is 2.07. The molecule has 0 N–H and O–H groups in total. The van der Waals surface area contributed by atoms with E-state index in [1.165, 1.54) is 6.39 Å². The Morgan fingerprint density at radius 2 is 2.47 bits per heavy atom. The molecule has 0 aromatic carbocycles. The maximum absolute atomic E-state index is 12.4. The van der Waals surface area contributed by atoms with Crippen LogP contribution >= 0.6 is 11.8 Å². The van der Waals surface area contributed by atoms with Gasteiger partial charge in [-0.2, -0.15) is 0 Å². The largest absolute Gasteiger partial charge is 0.448 e. The first kappa shape index (κ1) is 12.5. The molecule has 1 aliphatic heterocycles. The molecule has 1 amide bonds. The van der Waals surface area contributed by atoms with Gasteiger partial charge in [-0.1, -0.05) is 20.3 Å². The molecule has 17 heavy (non-hydrogen) atoms. The van der Waals surface area contributed by atoms with Gasteiger partial charge in [0, 0.05) is 18.7 Å². The maximum atomic E-state index is 12.4. The highest BCUT2D eigenvalue weighted by atomic mass is 32.2. The molecule has 0 bridgehead atoms. The van der Waals surface area contributed by atoms with E-state index in [0.29, 0.717) is 23.2 Å². The average molecular weight is 254 g/mol. The SMILES string of the molecule is CCC[C@@H]1SCCN1C(=O)c1ncoc1CC. The second-order valence-corrected chi connectivity index (χ2v) is 5.38. The van der Waals surface area contributed by atoms with E-state index in [1.54, 1.807) is 0 Å². The zero-order valence-corrected chi connectivity index (χ0v) is 11.1. The number of rotatable bonds is 4. The first-order chi connectivity index (χ1) is 8.27. The lowest BCUT2D eigenvalue weighted by Crippen LogP contribution is -2.35. The highest BCUT2D eigenvalue weighted by molar-refractivity contribution is 8.00. The number of thioether (sulfide) groups is 1. The Morgan fingerprint density at radius 3 is 3.18 bits per heavy atom. The van der Waals surface area contributed by atoms with Crippen LogP contribution in [0, 0.1) is 0 Å². The Balaban J connectivity index is 2.14. The zero-order valence-electron chi connectivity index (χ0n) is 10.3. The van der Waals surface area contributed by atoms with Gasteiger partial charge in [0.05, 0.1) is 5.37 Å². The van der Waals surface area contributed by atoms with Gasteiger partial charge in [0.2, 0.25) is 0 Å². The lowest BCUT2D eigenvalue weighted by atomic mass is 10.2. The molecule has 0 spiro atoms. The number of carbonyl (C=O) groups excluding carboxylic acids is 1. The van der Waals surface area contributed by atoms with Gasteiger partial charge in [0.15, 0.2) is 12.1 Å². The molecule has 0 unspecified atom stereocenters. The van der Waals surface area contributed by atoms with Gasteiger partial charge in [0.1, 0.15) is 5.76 Å². The number of hydrogen-bond acceptors (Lipinski definition) is 4. The molecule has 1 fully saturated rings. The first-order valence-corrected chi connectivity index (χ1v) is 7.17. The van der Waals surface area contributed by atoms with E-state index in [2.05, 4.69) is 11.9 Å². The summed E-state index contributed by atoms with van der Waals surface area (Å²) < 4.78 is 5.22. The predicted octanol–water partition coefficient (Wildman–Crippen LogP) is 2.55. The lowest BCUT2D eigenvalue weighted by Gasteiger charge is -2.22. The summed E-state index contributed by atoms with van der Waals surface area (Å²) in [6.07, 6.45) is 4.22. The van der Waals surface area contributed by atoms with Crippen LogP contribution in [0.5, 0.6) is 0 Å². The van der Waals surface area contributed by atoms with E-state index in [9.17, 15) is 4.79 Å². The van der Waals surface area contributed by atoms with E-state index in [-0.39, 0.29) is 5.91 Å². The number of hydrogen-bond donors (Lipinski definition) is 0. The van der Waals surface area contributed by atoms with E-state index in [0.717, 1.165) is 25.1 Å². The zero-order chi connectivity index (χ0) is 12.3. The molecule has 1 aliphatic rings. The molecular formula is C12H18N2O2S. The van der Waals surface area contributed by atoms with Crippen molar-refractivity contribution in [3.8, 4) is 0 Å². The molecular weight excluding hydrogens is 236 g/mol. The summed E-state index contributed by atoms with van der Waals surface area (Å²) in [5.74, 6) is 1.75. The Labute approximate surface area is 106 Å². The summed E-state index contributed by atoms with van der Waals surface area (Å²) >= 11 is 1.86. The molecule has 1 saturated heterocycles. The van der Waals surface area contributed by atoms with Crippen molar-refractivity contribution in [1.82, 2.24) is 9.88 Å². The topological polar surface area (TPSA) is 46.3 Å². The van der Waals surface area contributed by atoms with Gasteiger partial charge in [-0.3, -0.25) is 4.79 Å². The second-order valence-electron chi connectivity index (χ2n) is 4.09. The monoisotopic (exact) mass is 254 g/mol. The minimum atomic E-state index is 0.0269. The summed E-state index contributed by atoms with van der Waals surface area (Å²) in [4.78, 5) is 18.4. The normalized spacial score (nSPS) is 19.9. The molecule has 1 atom stereocenters. The Hall–Kier alpha value is -0.970. The summed E-state index contributed by atoms with van der Waals surface area (Å²) in [5.41, 5.74) is 0.496. The van der Waals surface area contributed by atoms with Gasteiger partial charge < -0.3 is 9.32 Å². The van der Waals surface area contributed by atoms with Gasteiger partial charge in [-0.15, -0.1) is 11.8 Å². The van der Waals surface area contributed by atoms with Crippen molar-refractivity contribution in [2.24, 2.45) is 0 Å². The van der Waals surface area contributed by atoms with Crippen molar-refractivity contribution in [1.29, 1.82) is 0 Å². The number of aromatic nitrogens is 1. The van der Waals surface area contributed by atoms with Crippen LogP contribution in [0.1, 0.15) is 42.9 Å². The van der Waals surface area contributed by atoms with Crippen molar-refractivity contribution >= 4 is 17.7 Å². The molecule has 2 heterocycles. The summed E-state index contributed by atoms with van der Waals surface area (Å²) in [6.45, 7) is 4.94. The van der Waals surface area contributed by atoms with Crippen molar-refractivity contribution < 1.29 is 9.21 Å². The molecule has 1 aromatic heterocycles. The standard InChI is InChI=1S/C12H18N2O2S/c1-3-5-10-14(6-7-17-10)12(15)11-9(4-2)16-8-13-11/h8,10H,3-7H2,1-2H3/t10-/m0/s1. The van der Waals surface area contributed by atoms with Crippen molar-refractivity contribution in [2.75, 3.05) is 12.3 Å². The molecule has 94 valence electrons. The Bertz CT molecular complexity index is 392. The third-order valence-electron chi connectivity index (χ3n) is 2.95. The molecule has 5 heteroatoms. The van der Waals surface area contributed by atoms with Crippen LogP contribution in [0.2, 0.25) is 0 Å². The van der Waals surface area contributed by atoms with Crippen LogP contribution in [0.15, 0.2) is 10.8 Å². The summed E-state index contributed by atoms with van der Waals surface area (Å²) in [7, 11) is 0. The van der Waals surface area contributed by atoms with Gasteiger partial charge in [-0.05, 0) is 6.42 Å². The average Bonchev–Trinajstić information content (AvgIpc) is 2.96. The highest BCUT2D eigenvalue weighted by Crippen LogP contribution is 2.29. The van der Waals surface area contributed by atoms with Gasteiger partial charge in [-0.25, -0.2) is 4.98 Å². The highest BCUT2D eigenvalue weighted by Gasteiger charge is 2.31. The Morgan fingerprint density at radius 1 is 1.65 bits per heavy atom. The predicted molar refractivity (Wildman–Crippen MR) is 68.1 cm³/mol. The Kier molecular flexibility index (Phi) is 4.10. The minimum absolute atomic E-state index is 0.0269. The molecule has 0 radical (unpaired) electrons. The minimum Gasteiger partial charge on any atom is -0.448 e. The quantitative estimate of drug-likeness (QED) is 0.828. The van der Waals surface area contributed by atoms with E-state index >= 15 is 0 Å². The number of carbonyl (C=O) groups is 1. The fraction of sp³-hybridized carbons (Fsp3) is 0.667. The number of aryl methyl sites for hydroxylation is 1. The molecule has 1 aromatic rings. The van der Waals surface area contributed by atoms with E-state index in [1.807, 2.05) is 23.6 Å². The van der Waals surface area contributed by atoms with Crippen molar-refractivity contribution in [2.45, 2.75) is 38.5 Å². The van der Waals surface area contributed by atoms with Crippen molar-refractivity contribution in [3.05, 3.63) is 17.8 Å². The third kappa shape index (κ3) is 2.49. The van der Waals surface area contributed by atoms with Crippen LogP contribution < -0.4 is 0 Å². The molecule has 0 saturated carbocycles. The number of nitrogens with zero attached hydrogens (tertiary/aromatic N) is 2. The van der Waals surface area contributed by atoms with Crippen LogP contribution in [0.3, 0.4) is 0 Å².